The van der Waals surface area contributed by atoms with Gasteiger partial charge in [0.2, 0.25) is 0 Å². The lowest BCUT2D eigenvalue weighted by molar-refractivity contribution is -0.136. The summed E-state index contributed by atoms with van der Waals surface area (Å²) in [4.78, 5) is 26.9. The Morgan fingerprint density at radius 1 is 1.04 bits per heavy atom. The SMILES string of the molecule is CCc1ccccc1NC(=O)C(=O)NCC1CCN(C2CCCC2)CC1. The number of rotatable bonds is 5. The maximum Gasteiger partial charge on any atom is 0.313 e. The molecule has 2 aliphatic rings. The molecule has 0 radical (unpaired) electrons. The molecule has 0 spiro atoms. The number of nitrogens with zero attached hydrogens (tertiary/aromatic N) is 1. The number of carbonyl (C=O) groups excluding carboxylic acids is 2. The second-order valence-corrected chi connectivity index (χ2v) is 7.59. The first-order valence-electron chi connectivity index (χ1n) is 10.1. The first-order chi connectivity index (χ1) is 12.7. The molecule has 142 valence electrons. The Morgan fingerprint density at radius 3 is 2.42 bits per heavy atom. The minimum atomic E-state index is -0.575. The summed E-state index contributed by atoms with van der Waals surface area (Å²) in [7, 11) is 0. The molecule has 0 aromatic heterocycles. The average molecular weight is 357 g/mol. The van der Waals surface area contributed by atoms with Crippen LogP contribution in [0.5, 0.6) is 0 Å². The van der Waals surface area contributed by atoms with Crippen LogP contribution in [0.2, 0.25) is 0 Å². The number of benzene rings is 1. The zero-order chi connectivity index (χ0) is 18.4. The molecule has 1 saturated carbocycles. The van der Waals surface area contributed by atoms with Crippen molar-refractivity contribution < 1.29 is 9.59 Å². The molecule has 1 aromatic carbocycles. The van der Waals surface area contributed by atoms with E-state index in [2.05, 4.69) is 15.5 Å². The average Bonchev–Trinajstić information content (AvgIpc) is 3.21. The third kappa shape index (κ3) is 4.85. The summed E-state index contributed by atoms with van der Waals surface area (Å²) in [6.45, 7) is 4.88. The molecule has 1 heterocycles. The summed E-state index contributed by atoms with van der Waals surface area (Å²) in [6, 6.07) is 8.39. The Kier molecular flexibility index (Phi) is 6.67. The molecule has 0 unspecified atom stereocenters. The zero-order valence-corrected chi connectivity index (χ0v) is 15.8. The van der Waals surface area contributed by atoms with Crippen LogP contribution in [0.4, 0.5) is 5.69 Å². The Labute approximate surface area is 156 Å². The number of anilines is 1. The topological polar surface area (TPSA) is 61.4 Å². The molecule has 26 heavy (non-hydrogen) atoms. The molecule has 2 amide bonds. The van der Waals surface area contributed by atoms with Crippen molar-refractivity contribution in [2.24, 2.45) is 5.92 Å². The number of piperidine rings is 1. The Morgan fingerprint density at radius 2 is 1.73 bits per heavy atom. The van der Waals surface area contributed by atoms with Gasteiger partial charge in [-0.15, -0.1) is 0 Å². The van der Waals surface area contributed by atoms with Crippen LogP contribution in [0, 0.1) is 5.92 Å². The molecular weight excluding hydrogens is 326 g/mol. The van der Waals surface area contributed by atoms with Crippen LogP contribution in [0.3, 0.4) is 0 Å². The van der Waals surface area contributed by atoms with Crippen molar-refractivity contribution in [2.45, 2.75) is 57.9 Å². The highest BCUT2D eigenvalue weighted by Crippen LogP contribution is 2.27. The fourth-order valence-corrected chi connectivity index (χ4v) is 4.24. The van der Waals surface area contributed by atoms with Crippen LogP contribution in [0.15, 0.2) is 24.3 Å². The maximum absolute atomic E-state index is 12.1. The predicted octanol–water partition coefficient (Wildman–Crippen LogP) is 2.96. The normalized spacial score (nSPS) is 19.4. The molecule has 2 N–H and O–H groups in total. The van der Waals surface area contributed by atoms with E-state index < -0.39 is 11.8 Å². The van der Waals surface area contributed by atoms with E-state index in [9.17, 15) is 9.59 Å². The number of nitrogens with one attached hydrogen (secondary N) is 2. The van der Waals surface area contributed by atoms with Gasteiger partial charge < -0.3 is 15.5 Å². The third-order valence-corrected chi connectivity index (χ3v) is 5.89. The number of hydrogen-bond donors (Lipinski definition) is 2. The molecule has 1 aliphatic heterocycles. The molecule has 0 atom stereocenters. The first-order valence-corrected chi connectivity index (χ1v) is 10.1. The fourth-order valence-electron chi connectivity index (χ4n) is 4.24. The number of carbonyl (C=O) groups is 2. The Hall–Kier alpha value is -1.88. The van der Waals surface area contributed by atoms with Gasteiger partial charge in [-0.2, -0.15) is 0 Å². The minimum Gasteiger partial charge on any atom is -0.348 e. The zero-order valence-electron chi connectivity index (χ0n) is 15.8. The number of hydrogen-bond acceptors (Lipinski definition) is 3. The van der Waals surface area contributed by atoms with Crippen LogP contribution in [0.1, 0.15) is 51.0 Å². The standard InChI is InChI=1S/C21H31N3O2/c1-2-17-7-3-6-10-19(17)23-21(26)20(25)22-15-16-11-13-24(14-12-16)18-8-4-5-9-18/h3,6-7,10,16,18H,2,4-5,8-9,11-15H2,1H3,(H,22,25)(H,23,26). The Bertz CT molecular complexity index is 617. The monoisotopic (exact) mass is 357 g/mol. The summed E-state index contributed by atoms with van der Waals surface area (Å²) >= 11 is 0. The van der Waals surface area contributed by atoms with Crippen molar-refractivity contribution >= 4 is 17.5 Å². The second kappa shape index (κ2) is 9.17. The highest BCUT2D eigenvalue weighted by Gasteiger charge is 2.27. The lowest BCUT2D eigenvalue weighted by Crippen LogP contribution is -2.44. The van der Waals surface area contributed by atoms with E-state index in [4.69, 9.17) is 0 Å². The summed E-state index contributed by atoms with van der Waals surface area (Å²) < 4.78 is 0. The predicted molar refractivity (Wildman–Crippen MR) is 104 cm³/mol. The smallest absolute Gasteiger partial charge is 0.313 e. The van der Waals surface area contributed by atoms with Gasteiger partial charge in [-0.25, -0.2) is 0 Å². The Balaban J connectivity index is 1.40. The third-order valence-electron chi connectivity index (χ3n) is 5.89. The van der Waals surface area contributed by atoms with Gasteiger partial charge in [0.1, 0.15) is 0 Å². The van der Waals surface area contributed by atoms with Crippen molar-refractivity contribution in [2.75, 3.05) is 25.0 Å². The maximum atomic E-state index is 12.1. The molecule has 0 bridgehead atoms. The van der Waals surface area contributed by atoms with Gasteiger partial charge in [-0.05, 0) is 62.7 Å². The summed E-state index contributed by atoms with van der Waals surface area (Å²) in [6.07, 6.45) is 8.47. The van der Waals surface area contributed by atoms with Crippen molar-refractivity contribution in [1.82, 2.24) is 10.2 Å². The van der Waals surface area contributed by atoms with Crippen molar-refractivity contribution in [3.05, 3.63) is 29.8 Å². The molecule has 3 rings (SSSR count). The van der Waals surface area contributed by atoms with Crippen molar-refractivity contribution in [3.63, 3.8) is 0 Å². The van der Waals surface area contributed by atoms with Crippen LogP contribution >= 0.6 is 0 Å². The molecule has 2 fully saturated rings. The van der Waals surface area contributed by atoms with Crippen LogP contribution in [0.25, 0.3) is 0 Å². The van der Waals surface area contributed by atoms with E-state index in [0.29, 0.717) is 12.5 Å². The van der Waals surface area contributed by atoms with Gasteiger partial charge in [0, 0.05) is 18.3 Å². The van der Waals surface area contributed by atoms with Crippen LogP contribution in [-0.2, 0) is 16.0 Å². The number of aryl methyl sites for hydroxylation is 1. The van der Waals surface area contributed by atoms with E-state index in [1.807, 2.05) is 31.2 Å². The van der Waals surface area contributed by atoms with E-state index >= 15 is 0 Å². The number of likely N-dealkylation sites (tertiary alicyclic amines) is 1. The summed E-state index contributed by atoms with van der Waals surface area (Å²) in [5, 5.41) is 5.56. The number of amides is 2. The van der Waals surface area contributed by atoms with Crippen molar-refractivity contribution in [3.8, 4) is 0 Å². The quantitative estimate of drug-likeness (QED) is 0.797. The lowest BCUT2D eigenvalue weighted by atomic mass is 9.95. The largest absolute Gasteiger partial charge is 0.348 e. The van der Waals surface area contributed by atoms with Gasteiger partial charge in [0.05, 0.1) is 0 Å². The minimum absolute atomic E-state index is 0.479. The van der Waals surface area contributed by atoms with Gasteiger partial charge in [-0.1, -0.05) is 38.0 Å². The summed E-state index contributed by atoms with van der Waals surface area (Å²) in [5.74, 6) is -0.629. The number of para-hydroxylation sites is 1. The van der Waals surface area contributed by atoms with Gasteiger partial charge in [0.25, 0.3) is 0 Å². The van der Waals surface area contributed by atoms with Crippen LogP contribution in [-0.4, -0.2) is 42.4 Å². The van der Waals surface area contributed by atoms with E-state index in [0.717, 1.165) is 49.6 Å². The second-order valence-electron chi connectivity index (χ2n) is 7.59. The highest BCUT2D eigenvalue weighted by molar-refractivity contribution is 6.39. The van der Waals surface area contributed by atoms with Gasteiger partial charge >= 0.3 is 11.8 Å². The molecule has 1 aromatic rings. The molecule has 1 saturated heterocycles. The summed E-state index contributed by atoms with van der Waals surface area (Å²) in [5.41, 5.74) is 1.76. The highest BCUT2D eigenvalue weighted by atomic mass is 16.2. The van der Waals surface area contributed by atoms with Crippen LogP contribution < -0.4 is 10.6 Å². The van der Waals surface area contributed by atoms with Gasteiger partial charge in [-0.3, -0.25) is 9.59 Å². The molecule has 5 heteroatoms. The van der Waals surface area contributed by atoms with Gasteiger partial charge in [0.15, 0.2) is 0 Å². The molecule has 5 nitrogen and oxygen atoms in total. The van der Waals surface area contributed by atoms with Crippen molar-refractivity contribution in [1.29, 1.82) is 0 Å². The fraction of sp³-hybridized carbons (Fsp3) is 0.619. The lowest BCUT2D eigenvalue weighted by Gasteiger charge is -2.36. The first kappa shape index (κ1) is 18.9. The molecular formula is C21H31N3O2. The van der Waals surface area contributed by atoms with E-state index in [1.54, 1.807) is 0 Å². The van der Waals surface area contributed by atoms with E-state index in [1.165, 1.54) is 25.7 Å². The molecule has 1 aliphatic carbocycles. The van der Waals surface area contributed by atoms with E-state index in [-0.39, 0.29) is 0 Å².